The molecule has 4 rings (SSSR count). The number of pyridine rings is 1. The van der Waals surface area contributed by atoms with Gasteiger partial charge >= 0.3 is 0 Å². The monoisotopic (exact) mass is 363 g/mol. The van der Waals surface area contributed by atoms with Gasteiger partial charge in [-0.1, -0.05) is 6.07 Å². The number of imidazole rings is 1. The Balaban J connectivity index is 1.57. The minimum Gasteiger partial charge on any atom is -0.340 e. The van der Waals surface area contributed by atoms with E-state index in [1.807, 2.05) is 43.9 Å². The Morgan fingerprint density at radius 1 is 1.22 bits per heavy atom. The van der Waals surface area contributed by atoms with Crippen LogP contribution >= 0.6 is 0 Å². The lowest BCUT2D eigenvalue weighted by Gasteiger charge is -2.23. The van der Waals surface area contributed by atoms with E-state index in [-0.39, 0.29) is 0 Å². The van der Waals surface area contributed by atoms with Crippen LogP contribution in [0.1, 0.15) is 41.7 Å². The van der Waals surface area contributed by atoms with Crippen molar-refractivity contribution in [2.45, 2.75) is 39.3 Å². The van der Waals surface area contributed by atoms with E-state index in [0.717, 1.165) is 53.9 Å². The highest BCUT2D eigenvalue weighted by Gasteiger charge is 2.28. The third kappa shape index (κ3) is 3.98. The van der Waals surface area contributed by atoms with Gasteiger partial charge in [0.15, 0.2) is 0 Å². The molecule has 27 heavy (non-hydrogen) atoms. The van der Waals surface area contributed by atoms with Gasteiger partial charge in [0.25, 0.3) is 0 Å². The maximum atomic E-state index is 4.74. The summed E-state index contributed by atoms with van der Waals surface area (Å²) in [7, 11) is 2.00. The standard InChI is InChI=1S/C20H25N7/c1-14-6-4-8-21-20(14)25-19-10-17(23-15(2)24-19)18-7-5-9-27(18)12-16-11-26(3)13-22-16/h4,6,8,10-11,13,18H,5,7,9,12H2,1-3H3,(H,21,23,24,25)/t18-/m0/s1. The molecule has 140 valence electrons. The number of aryl methyl sites for hydroxylation is 3. The highest BCUT2D eigenvalue weighted by Crippen LogP contribution is 2.33. The van der Waals surface area contributed by atoms with Crippen LogP contribution in [0.5, 0.6) is 0 Å². The highest BCUT2D eigenvalue weighted by molar-refractivity contribution is 5.55. The molecule has 4 heterocycles. The van der Waals surface area contributed by atoms with E-state index >= 15 is 0 Å². The second-order valence-corrected chi connectivity index (χ2v) is 7.18. The van der Waals surface area contributed by atoms with Crippen molar-refractivity contribution in [3.05, 3.63) is 59.7 Å². The first-order valence-corrected chi connectivity index (χ1v) is 9.33. The summed E-state index contributed by atoms with van der Waals surface area (Å²) in [6, 6.07) is 6.32. The Bertz CT molecular complexity index is 934. The molecule has 7 heteroatoms. The lowest BCUT2D eigenvalue weighted by atomic mass is 10.1. The zero-order chi connectivity index (χ0) is 18.8. The van der Waals surface area contributed by atoms with E-state index < -0.39 is 0 Å². The number of anilines is 2. The Morgan fingerprint density at radius 3 is 2.89 bits per heavy atom. The molecule has 0 spiro atoms. The molecule has 3 aromatic rings. The molecule has 1 fully saturated rings. The molecular weight excluding hydrogens is 338 g/mol. The zero-order valence-corrected chi connectivity index (χ0v) is 16.1. The van der Waals surface area contributed by atoms with Crippen molar-refractivity contribution in [2.24, 2.45) is 7.05 Å². The van der Waals surface area contributed by atoms with E-state index in [1.165, 1.54) is 6.42 Å². The topological polar surface area (TPSA) is 71.8 Å². The van der Waals surface area contributed by atoms with Crippen molar-refractivity contribution < 1.29 is 0 Å². The second-order valence-electron chi connectivity index (χ2n) is 7.18. The summed E-state index contributed by atoms with van der Waals surface area (Å²) >= 11 is 0. The number of rotatable bonds is 5. The van der Waals surface area contributed by atoms with E-state index in [0.29, 0.717) is 6.04 Å². The summed E-state index contributed by atoms with van der Waals surface area (Å²) in [5.41, 5.74) is 3.25. The van der Waals surface area contributed by atoms with Gasteiger partial charge < -0.3 is 9.88 Å². The highest BCUT2D eigenvalue weighted by atomic mass is 15.2. The summed E-state index contributed by atoms with van der Waals surface area (Å²) in [4.78, 5) is 20.6. The van der Waals surface area contributed by atoms with Gasteiger partial charge in [-0.05, 0) is 44.9 Å². The summed E-state index contributed by atoms with van der Waals surface area (Å²) in [5.74, 6) is 2.40. The van der Waals surface area contributed by atoms with Crippen LogP contribution in [0.25, 0.3) is 0 Å². The Morgan fingerprint density at radius 2 is 2.11 bits per heavy atom. The first kappa shape index (κ1) is 17.6. The van der Waals surface area contributed by atoms with Crippen molar-refractivity contribution in [3.63, 3.8) is 0 Å². The van der Waals surface area contributed by atoms with E-state index in [2.05, 4.69) is 37.4 Å². The largest absolute Gasteiger partial charge is 0.340 e. The molecule has 0 unspecified atom stereocenters. The first-order chi connectivity index (χ1) is 13.1. The number of nitrogens with zero attached hydrogens (tertiary/aromatic N) is 6. The van der Waals surface area contributed by atoms with E-state index in [4.69, 9.17) is 4.98 Å². The lowest BCUT2D eigenvalue weighted by molar-refractivity contribution is 0.241. The summed E-state index contributed by atoms with van der Waals surface area (Å²) in [6.45, 7) is 5.89. The average Bonchev–Trinajstić information content (AvgIpc) is 3.26. The van der Waals surface area contributed by atoms with Gasteiger partial charge in [0.2, 0.25) is 0 Å². The number of aromatic nitrogens is 5. The van der Waals surface area contributed by atoms with Crippen LogP contribution in [0, 0.1) is 13.8 Å². The predicted octanol–water partition coefficient (Wildman–Crippen LogP) is 3.30. The van der Waals surface area contributed by atoms with Crippen LogP contribution in [0.2, 0.25) is 0 Å². The third-order valence-electron chi connectivity index (χ3n) is 4.94. The van der Waals surface area contributed by atoms with Gasteiger partial charge in [-0.15, -0.1) is 0 Å². The lowest BCUT2D eigenvalue weighted by Crippen LogP contribution is -2.24. The molecule has 0 radical (unpaired) electrons. The maximum absolute atomic E-state index is 4.74. The molecule has 1 atom stereocenters. The summed E-state index contributed by atoms with van der Waals surface area (Å²) in [5, 5.41) is 3.35. The van der Waals surface area contributed by atoms with Crippen molar-refractivity contribution in [3.8, 4) is 0 Å². The third-order valence-corrected chi connectivity index (χ3v) is 4.94. The molecule has 0 aromatic carbocycles. The first-order valence-electron chi connectivity index (χ1n) is 9.33. The van der Waals surface area contributed by atoms with Crippen molar-refractivity contribution in [1.29, 1.82) is 0 Å². The quantitative estimate of drug-likeness (QED) is 0.750. The Kier molecular flexibility index (Phi) is 4.85. The molecule has 1 saturated heterocycles. The van der Waals surface area contributed by atoms with Gasteiger partial charge in [-0.2, -0.15) is 0 Å². The zero-order valence-electron chi connectivity index (χ0n) is 16.1. The molecule has 0 saturated carbocycles. The fourth-order valence-corrected chi connectivity index (χ4v) is 3.67. The fourth-order valence-electron chi connectivity index (χ4n) is 3.67. The predicted molar refractivity (Wildman–Crippen MR) is 105 cm³/mol. The van der Waals surface area contributed by atoms with Gasteiger partial charge in [0, 0.05) is 32.1 Å². The summed E-state index contributed by atoms with van der Waals surface area (Å²) < 4.78 is 1.99. The van der Waals surface area contributed by atoms with Crippen molar-refractivity contribution >= 4 is 11.6 Å². The number of hydrogen-bond donors (Lipinski definition) is 1. The van der Waals surface area contributed by atoms with Crippen LogP contribution in [0.4, 0.5) is 11.6 Å². The average molecular weight is 363 g/mol. The molecule has 1 N–H and O–H groups in total. The molecule has 7 nitrogen and oxygen atoms in total. The van der Waals surface area contributed by atoms with Gasteiger partial charge in [0.1, 0.15) is 17.5 Å². The van der Waals surface area contributed by atoms with E-state index in [9.17, 15) is 0 Å². The molecule has 1 aliphatic rings. The number of hydrogen-bond acceptors (Lipinski definition) is 6. The maximum Gasteiger partial charge on any atom is 0.135 e. The van der Waals surface area contributed by atoms with Gasteiger partial charge in [-0.25, -0.2) is 19.9 Å². The fraction of sp³-hybridized carbons (Fsp3) is 0.400. The Hall–Kier alpha value is -2.80. The van der Waals surface area contributed by atoms with Crippen molar-refractivity contribution in [2.75, 3.05) is 11.9 Å². The smallest absolute Gasteiger partial charge is 0.135 e. The SMILES string of the molecule is Cc1nc(Nc2ncccc2C)cc([C@@H]2CCCN2Cc2cn(C)cn2)n1. The molecule has 3 aromatic heterocycles. The minimum absolute atomic E-state index is 0.291. The number of likely N-dealkylation sites (tertiary alicyclic amines) is 1. The van der Waals surface area contributed by atoms with E-state index in [1.54, 1.807) is 6.20 Å². The number of nitrogens with one attached hydrogen (secondary N) is 1. The molecule has 0 bridgehead atoms. The normalized spacial score (nSPS) is 17.4. The second kappa shape index (κ2) is 7.44. The molecular formula is C20H25N7. The summed E-state index contributed by atoms with van der Waals surface area (Å²) in [6.07, 6.45) is 7.99. The van der Waals surface area contributed by atoms with Crippen LogP contribution in [0.3, 0.4) is 0 Å². The van der Waals surface area contributed by atoms with Crippen molar-refractivity contribution in [1.82, 2.24) is 29.4 Å². The van der Waals surface area contributed by atoms with Gasteiger partial charge in [-0.3, -0.25) is 4.90 Å². The molecule has 0 amide bonds. The van der Waals surface area contributed by atoms with Crippen LogP contribution in [0.15, 0.2) is 36.9 Å². The van der Waals surface area contributed by atoms with Gasteiger partial charge in [0.05, 0.1) is 23.8 Å². The minimum atomic E-state index is 0.291. The Labute approximate surface area is 159 Å². The molecule has 0 aliphatic carbocycles. The van der Waals surface area contributed by atoms with Crippen LogP contribution in [-0.2, 0) is 13.6 Å². The van der Waals surface area contributed by atoms with Crippen LogP contribution < -0.4 is 5.32 Å². The van der Waals surface area contributed by atoms with Crippen LogP contribution in [-0.4, -0.2) is 35.9 Å². The molecule has 1 aliphatic heterocycles.